The SMILES string of the molecule is CN(C)NC(=O)c1cccc(Oc2c(F)cc(C(F)(F)F)cc2F)c1[N+](=O)[O-]. The van der Waals surface area contributed by atoms with Crippen LogP contribution >= 0.6 is 0 Å². The summed E-state index contributed by atoms with van der Waals surface area (Å²) in [6, 6.07) is 3.15. The first-order valence-electron chi connectivity index (χ1n) is 7.41. The van der Waals surface area contributed by atoms with Gasteiger partial charge in [0.05, 0.1) is 10.5 Å². The van der Waals surface area contributed by atoms with E-state index in [1.807, 2.05) is 0 Å². The van der Waals surface area contributed by atoms with Crippen molar-refractivity contribution >= 4 is 11.6 Å². The Morgan fingerprint density at radius 2 is 1.75 bits per heavy atom. The molecule has 0 saturated heterocycles. The van der Waals surface area contributed by atoms with Gasteiger partial charge in [0.25, 0.3) is 5.91 Å². The van der Waals surface area contributed by atoms with Gasteiger partial charge in [-0.15, -0.1) is 0 Å². The van der Waals surface area contributed by atoms with Crippen LogP contribution < -0.4 is 10.2 Å². The molecule has 0 aliphatic heterocycles. The predicted octanol–water partition coefficient (Wildman–Crippen LogP) is 3.89. The topological polar surface area (TPSA) is 84.7 Å². The van der Waals surface area contributed by atoms with Gasteiger partial charge in [-0.05, 0) is 24.3 Å². The van der Waals surface area contributed by atoms with Crippen molar-refractivity contribution in [1.29, 1.82) is 0 Å². The summed E-state index contributed by atoms with van der Waals surface area (Å²) in [6.45, 7) is 0. The number of benzene rings is 2. The number of carbonyl (C=O) groups excluding carboxylic acids is 1. The van der Waals surface area contributed by atoms with E-state index < -0.39 is 57.0 Å². The zero-order chi connectivity index (χ0) is 21.2. The Bertz CT molecular complexity index is 908. The van der Waals surface area contributed by atoms with Crippen molar-refractivity contribution in [1.82, 2.24) is 10.4 Å². The van der Waals surface area contributed by atoms with Crippen LogP contribution in [0, 0.1) is 21.7 Å². The quantitative estimate of drug-likeness (QED) is 0.464. The molecule has 7 nitrogen and oxygen atoms in total. The first kappa shape index (κ1) is 21.0. The van der Waals surface area contributed by atoms with Gasteiger partial charge in [-0.25, -0.2) is 13.8 Å². The van der Waals surface area contributed by atoms with Crippen molar-refractivity contribution in [2.45, 2.75) is 6.18 Å². The molecule has 0 fully saturated rings. The molecule has 2 aromatic carbocycles. The number of hydrogen-bond donors (Lipinski definition) is 1. The molecule has 2 rings (SSSR count). The van der Waals surface area contributed by atoms with Gasteiger partial charge in [-0.3, -0.25) is 20.3 Å². The van der Waals surface area contributed by atoms with Crippen molar-refractivity contribution < 1.29 is 36.4 Å². The third-order valence-corrected chi connectivity index (χ3v) is 3.29. The lowest BCUT2D eigenvalue weighted by atomic mass is 10.1. The lowest BCUT2D eigenvalue weighted by Gasteiger charge is -2.14. The molecule has 0 radical (unpaired) electrons. The highest BCUT2D eigenvalue weighted by atomic mass is 19.4. The van der Waals surface area contributed by atoms with Crippen LogP contribution in [0.2, 0.25) is 0 Å². The van der Waals surface area contributed by atoms with Crippen LogP contribution in [-0.4, -0.2) is 29.9 Å². The fourth-order valence-corrected chi connectivity index (χ4v) is 2.17. The second-order valence-corrected chi connectivity index (χ2v) is 5.61. The molecule has 1 amide bonds. The Morgan fingerprint density at radius 1 is 1.18 bits per heavy atom. The van der Waals surface area contributed by atoms with E-state index >= 15 is 0 Å². The zero-order valence-electron chi connectivity index (χ0n) is 14.3. The number of amides is 1. The summed E-state index contributed by atoms with van der Waals surface area (Å²) < 4.78 is 70.6. The molecule has 0 atom stereocenters. The number of carbonyl (C=O) groups is 1. The summed E-state index contributed by atoms with van der Waals surface area (Å²) in [4.78, 5) is 22.4. The number of halogens is 5. The summed E-state index contributed by atoms with van der Waals surface area (Å²) in [7, 11) is 2.88. The average molecular weight is 405 g/mol. The van der Waals surface area contributed by atoms with Gasteiger partial charge < -0.3 is 4.74 Å². The molecule has 0 spiro atoms. The molecule has 28 heavy (non-hydrogen) atoms. The molecule has 0 saturated carbocycles. The number of nitro groups is 1. The predicted molar refractivity (Wildman–Crippen MR) is 85.7 cm³/mol. The van der Waals surface area contributed by atoms with E-state index in [2.05, 4.69) is 5.43 Å². The van der Waals surface area contributed by atoms with Gasteiger partial charge in [-0.1, -0.05) is 6.07 Å². The average Bonchev–Trinajstić information content (AvgIpc) is 2.55. The lowest BCUT2D eigenvalue weighted by molar-refractivity contribution is -0.385. The van der Waals surface area contributed by atoms with E-state index in [1.165, 1.54) is 19.1 Å². The van der Waals surface area contributed by atoms with Crippen LogP contribution in [0.4, 0.5) is 27.6 Å². The maximum absolute atomic E-state index is 14.0. The number of ether oxygens (including phenoxy) is 1. The van der Waals surface area contributed by atoms with Crippen LogP contribution in [0.25, 0.3) is 0 Å². The minimum Gasteiger partial charge on any atom is -0.444 e. The largest absolute Gasteiger partial charge is 0.444 e. The molecule has 0 aliphatic rings. The Balaban J connectivity index is 2.53. The molecular weight excluding hydrogens is 393 g/mol. The Kier molecular flexibility index (Phi) is 5.83. The van der Waals surface area contributed by atoms with Gasteiger partial charge >= 0.3 is 11.9 Å². The lowest BCUT2D eigenvalue weighted by Crippen LogP contribution is -2.36. The number of nitro benzene ring substituents is 1. The Morgan fingerprint density at radius 3 is 2.21 bits per heavy atom. The van der Waals surface area contributed by atoms with E-state index in [4.69, 9.17) is 4.74 Å². The smallest absolute Gasteiger partial charge is 0.416 e. The van der Waals surface area contributed by atoms with Gasteiger partial charge in [-0.2, -0.15) is 13.2 Å². The van der Waals surface area contributed by atoms with Gasteiger partial charge in [0.1, 0.15) is 5.56 Å². The minimum atomic E-state index is -5.00. The number of para-hydroxylation sites is 1. The first-order valence-corrected chi connectivity index (χ1v) is 7.41. The van der Waals surface area contributed by atoms with Crippen molar-refractivity contribution in [2.24, 2.45) is 0 Å². The van der Waals surface area contributed by atoms with Crippen molar-refractivity contribution in [3.63, 3.8) is 0 Å². The van der Waals surface area contributed by atoms with E-state index in [0.717, 1.165) is 18.2 Å². The monoisotopic (exact) mass is 405 g/mol. The summed E-state index contributed by atoms with van der Waals surface area (Å²) >= 11 is 0. The maximum Gasteiger partial charge on any atom is 0.416 e. The molecule has 1 N–H and O–H groups in total. The van der Waals surface area contributed by atoms with Crippen molar-refractivity contribution in [2.75, 3.05) is 14.1 Å². The Hall–Kier alpha value is -3.28. The zero-order valence-corrected chi connectivity index (χ0v) is 14.3. The van der Waals surface area contributed by atoms with Crippen LogP contribution in [0.1, 0.15) is 15.9 Å². The fourth-order valence-electron chi connectivity index (χ4n) is 2.17. The van der Waals surface area contributed by atoms with Gasteiger partial charge in [0.2, 0.25) is 5.75 Å². The standard InChI is InChI=1S/C16H12F5N3O4/c1-23(2)22-15(25)9-4-3-5-12(13(9)24(26)27)28-14-10(17)6-8(7-11(14)18)16(19,20)21/h3-7H,1-2H3,(H,22,25). The van der Waals surface area contributed by atoms with E-state index in [0.29, 0.717) is 0 Å². The third kappa shape index (κ3) is 4.52. The molecule has 150 valence electrons. The maximum atomic E-state index is 14.0. The second-order valence-electron chi connectivity index (χ2n) is 5.61. The molecule has 12 heteroatoms. The molecule has 0 bridgehead atoms. The summed E-state index contributed by atoms with van der Waals surface area (Å²) in [5, 5.41) is 12.6. The van der Waals surface area contributed by atoms with Crippen LogP contribution in [0.15, 0.2) is 30.3 Å². The van der Waals surface area contributed by atoms with E-state index in [1.54, 1.807) is 0 Å². The van der Waals surface area contributed by atoms with Gasteiger partial charge in [0, 0.05) is 14.1 Å². The van der Waals surface area contributed by atoms with E-state index in [-0.39, 0.29) is 12.1 Å². The minimum absolute atomic E-state index is 0.00709. The third-order valence-electron chi connectivity index (χ3n) is 3.29. The fraction of sp³-hybridized carbons (Fsp3) is 0.188. The molecule has 2 aromatic rings. The number of nitrogens with zero attached hydrogens (tertiary/aromatic N) is 2. The number of rotatable bonds is 5. The number of nitrogens with one attached hydrogen (secondary N) is 1. The summed E-state index contributed by atoms with van der Waals surface area (Å²) in [5.74, 6) is -6.35. The number of hydrazine groups is 1. The van der Waals surface area contributed by atoms with Crippen molar-refractivity contribution in [3.05, 3.63) is 63.2 Å². The Labute approximate surface area is 154 Å². The van der Waals surface area contributed by atoms with Gasteiger partial charge in [0.15, 0.2) is 17.4 Å². The van der Waals surface area contributed by atoms with Crippen LogP contribution in [-0.2, 0) is 6.18 Å². The molecule has 0 aromatic heterocycles. The molecular formula is C16H12F5N3O4. The normalized spacial score (nSPS) is 11.4. The number of alkyl halides is 3. The van der Waals surface area contributed by atoms with Crippen molar-refractivity contribution in [3.8, 4) is 11.5 Å². The molecule has 0 aliphatic carbocycles. The molecule has 0 heterocycles. The highest BCUT2D eigenvalue weighted by Gasteiger charge is 2.34. The van der Waals surface area contributed by atoms with E-state index in [9.17, 15) is 36.9 Å². The van der Waals surface area contributed by atoms with Crippen LogP contribution in [0.5, 0.6) is 11.5 Å². The highest BCUT2D eigenvalue weighted by Crippen LogP contribution is 2.39. The van der Waals surface area contributed by atoms with Crippen LogP contribution in [0.3, 0.4) is 0 Å². The number of hydrogen-bond acceptors (Lipinski definition) is 5. The summed E-state index contributed by atoms with van der Waals surface area (Å²) in [6.07, 6.45) is -5.00. The first-order chi connectivity index (χ1) is 12.9. The second kappa shape index (κ2) is 7.76. The molecule has 0 unspecified atom stereocenters. The summed E-state index contributed by atoms with van der Waals surface area (Å²) in [5.41, 5.74) is -0.739. The highest BCUT2D eigenvalue weighted by molar-refractivity contribution is 5.98.